The SMILES string of the molecule is C[C@H](CCC1(O)CCOCC1)[C@H]1CCC2C3CCC4C[C@@H](O)CC[C@]4(C)C3CC[C@@]21C. The Kier molecular flexibility index (Phi) is 6.05. The number of hydrogen-bond acceptors (Lipinski definition) is 3. The molecule has 1 heterocycles. The van der Waals surface area contributed by atoms with Crippen LogP contribution in [0.5, 0.6) is 0 Å². The molecule has 4 aliphatic carbocycles. The fourth-order valence-electron chi connectivity index (χ4n) is 9.91. The Morgan fingerprint density at radius 2 is 1.58 bits per heavy atom. The summed E-state index contributed by atoms with van der Waals surface area (Å²) in [5.41, 5.74) is 0.525. The quantitative estimate of drug-likeness (QED) is 0.576. The normalized spacial score (nSPS) is 50.2. The van der Waals surface area contributed by atoms with Crippen molar-refractivity contribution in [3.63, 3.8) is 0 Å². The van der Waals surface area contributed by atoms with Gasteiger partial charge in [0.15, 0.2) is 0 Å². The third-order valence-electron chi connectivity index (χ3n) is 11.9. The maximum atomic E-state index is 11.0. The summed E-state index contributed by atoms with van der Waals surface area (Å²) in [4.78, 5) is 0. The van der Waals surface area contributed by atoms with Gasteiger partial charge in [0.1, 0.15) is 0 Å². The van der Waals surface area contributed by atoms with E-state index in [1.54, 1.807) is 0 Å². The highest BCUT2D eigenvalue weighted by Crippen LogP contribution is 2.68. The minimum Gasteiger partial charge on any atom is -0.393 e. The van der Waals surface area contributed by atoms with Gasteiger partial charge in [0, 0.05) is 13.2 Å². The number of aliphatic hydroxyl groups excluding tert-OH is 1. The first-order chi connectivity index (χ1) is 14.8. The fourth-order valence-corrected chi connectivity index (χ4v) is 9.91. The summed E-state index contributed by atoms with van der Waals surface area (Å²) in [6.07, 6.45) is 15.6. The van der Waals surface area contributed by atoms with E-state index < -0.39 is 5.60 Å². The topological polar surface area (TPSA) is 49.7 Å². The Morgan fingerprint density at radius 1 is 0.871 bits per heavy atom. The molecule has 0 aromatic heterocycles. The average molecular weight is 433 g/mol. The van der Waals surface area contributed by atoms with Gasteiger partial charge in [-0.15, -0.1) is 0 Å². The van der Waals surface area contributed by atoms with Gasteiger partial charge in [-0.2, -0.15) is 0 Å². The Bertz CT molecular complexity index is 642. The van der Waals surface area contributed by atoms with Crippen LogP contribution in [0.4, 0.5) is 0 Å². The van der Waals surface area contributed by atoms with Crippen molar-refractivity contribution >= 4 is 0 Å². The van der Waals surface area contributed by atoms with Gasteiger partial charge in [-0.3, -0.25) is 0 Å². The molecule has 0 aromatic carbocycles. The van der Waals surface area contributed by atoms with Crippen LogP contribution in [-0.4, -0.2) is 35.1 Å². The van der Waals surface area contributed by atoms with Crippen LogP contribution in [0, 0.1) is 46.3 Å². The third kappa shape index (κ3) is 3.83. The highest BCUT2D eigenvalue weighted by Gasteiger charge is 2.60. The van der Waals surface area contributed by atoms with E-state index in [0.717, 1.165) is 80.8 Å². The summed E-state index contributed by atoms with van der Waals surface area (Å²) < 4.78 is 5.49. The molecule has 178 valence electrons. The van der Waals surface area contributed by atoms with Crippen LogP contribution in [0.3, 0.4) is 0 Å². The van der Waals surface area contributed by atoms with E-state index in [9.17, 15) is 10.2 Å². The van der Waals surface area contributed by atoms with Crippen molar-refractivity contribution in [1.82, 2.24) is 0 Å². The largest absolute Gasteiger partial charge is 0.393 e. The lowest BCUT2D eigenvalue weighted by Crippen LogP contribution is -2.54. The maximum absolute atomic E-state index is 11.0. The highest BCUT2D eigenvalue weighted by molar-refractivity contribution is 5.09. The molecule has 4 unspecified atom stereocenters. The van der Waals surface area contributed by atoms with Gasteiger partial charge >= 0.3 is 0 Å². The van der Waals surface area contributed by atoms with E-state index in [2.05, 4.69) is 20.8 Å². The van der Waals surface area contributed by atoms with Crippen LogP contribution in [-0.2, 0) is 4.74 Å². The van der Waals surface area contributed by atoms with E-state index in [4.69, 9.17) is 4.74 Å². The van der Waals surface area contributed by atoms with Crippen LogP contribution in [0.15, 0.2) is 0 Å². The lowest BCUT2D eigenvalue weighted by Gasteiger charge is -2.61. The number of aliphatic hydroxyl groups is 2. The van der Waals surface area contributed by atoms with Gasteiger partial charge in [0.25, 0.3) is 0 Å². The Balaban J connectivity index is 1.26. The van der Waals surface area contributed by atoms with Crippen LogP contribution < -0.4 is 0 Å². The zero-order chi connectivity index (χ0) is 21.9. The fraction of sp³-hybridized carbons (Fsp3) is 1.00. The molecule has 3 heteroatoms. The van der Waals surface area contributed by atoms with Crippen molar-refractivity contribution in [3.05, 3.63) is 0 Å². The standard InChI is InChI=1S/C28H48O3/c1-19(8-13-28(30)14-16-31-17-15-28)23-6-7-24-22-5-4-20-18-21(29)9-11-26(20,2)25(22)10-12-27(23,24)3/h19-25,29-30H,4-18H2,1-3H3/t19-,20?,21+,22?,23-,24?,25?,26+,27-/m1/s1. The van der Waals surface area contributed by atoms with E-state index in [1.165, 1.54) is 51.4 Å². The second kappa shape index (κ2) is 8.27. The molecule has 3 nitrogen and oxygen atoms in total. The molecule has 1 saturated heterocycles. The van der Waals surface area contributed by atoms with Gasteiger partial charge in [-0.1, -0.05) is 20.8 Å². The average Bonchev–Trinajstić information content (AvgIpc) is 3.10. The van der Waals surface area contributed by atoms with Crippen LogP contribution >= 0.6 is 0 Å². The number of hydrogen-bond donors (Lipinski definition) is 2. The van der Waals surface area contributed by atoms with Crippen molar-refractivity contribution < 1.29 is 14.9 Å². The van der Waals surface area contributed by atoms with Crippen molar-refractivity contribution in [2.75, 3.05) is 13.2 Å². The predicted octanol–water partition coefficient (Wildman–Crippen LogP) is 5.96. The molecule has 5 aliphatic rings. The molecule has 2 N–H and O–H groups in total. The molecular formula is C28H48O3. The molecule has 5 fully saturated rings. The maximum Gasteiger partial charge on any atom is 0.0691 e. The van der Waals surface area contributed by atoms with E-state index in [-0.39, 0.29) is 6.10 Å². The predicted molar refractivity (Wildman–Crippen MR) is 125 cm³/mol. The van der Waals surface area contributed by atoms with Gasteiger partial charge in [-0.05, 0) is 130 Å². The van der Waals surface area contributed by atoms with Gasteiger partial charge in [-0.25, -0.2) is 0 Å². The van der Waals surface area contributed by atoms with Gasteiger partial charge < -0.3 is 14.9 Å². The van der Waals surface area contributed by atoms with Crippen molar-refractivity contribution in [1.29, 1.82) is 0 Å². The third-order valence-corrected chi connectivity index (χ3v) is 11.9. The highest BCUT2D eigenvalue weighted by atomic mass is 16.5. The smallest absolute Gasteiger partial charge is 0.0691 e. The molecule has 5 rings (SSSR count). The Labute approximate surface area is 190 Å². The lowest BCUT2D eigenvalue weighted by molar-refractivity contribution is -0.130. The first kappa shape index (κ1) is 22.7. The Hall–Kier alpha value is -0.120. The van der Waals surface area contributed by atoms with Crippen LogP contribution in [0.2, 0.25) is 0 Å². The first-order valence-electron chi connectivity index (χ1n) is 13.7. The number of fused-ring (bicyclic) bond motifs is 5. The van der Waals surface area contributed by atoms with Crippen molar-refractivity contribution in [3.8, 4) is 0 Å². The van der Waals surface area contributed by atoms with Gasteiger partial charge in [0.2, 0.25) is 0 Å². The summed E-state index contributed by atoms with van der Waals surface area (Å²) in [5.74, 6) is 5.05. The minimum absolute atomic E-state index is 0.0364. The molecule has 9 atom stereocenters. The summed E-state index contributed by atoms with van der Waals surface area (Å²) in [6, 6.07) is 0. The molecule has 0 radical (unpaired) electrons. The second-order valence-electron chi connectivity index (χ2n) is 13.2. The molecule has 1 aliphatic heterocycles. The summed E-state index contributed by atoms with van der Waals surface area (Å²) in [5, 5.41) is 21.3. The monoisotopic (exact) mass is 432 g/mol. The zero-order valence-corrected chi connectivity index (χ0v) is 20.5. The molecule has 0 spiro atoms. The Morgan fingerprint density at radius 3 is 2.35 bits per heavy atom. The van der Waals surface area contributed by atoms with Crippen LogP contribution in [0.1, 0.15) is 104 Å². The molecule has 4 saturated carbocycles. The molecular weight excluding hydrogens is 384 g/mol. The number of ether oxygens (including phenoxy) is 1. The zero-order valence-electron chi connectivity index (χ0n) is 20.5. The lowest BCUT2D eigenvalue weighted by atomic mass is 9.44. The summed E-state index contributed by atoms with van der Waals surface area (Å²) in [7, 11) is 0. The van der Waals surface area contributed by atoms with Crippen molar-refractivity contribution in [2.45, 2.75) is 116 Å². The van der Waals surface area contributed by atoms with E-state index in [0.29, 0.717) is 10.8 Å². The molecule has 0 bridgehead atoms. The van der Waals surface area contributed by atoms with E-state index >= 15 is 0 Å². The summed E-state index contributed by atoms with van der Waals surface area (Å²) >= 11 is 0. The summed E-state index contributed by atoms with van der Waals surface area (Å²) in [6.45, 7) is 9.21. The van der Waals surface area contributed by atoms with Gasteiger partial charge in [0.05, 0.1) is 11.7 Å². The molecule has 0 aromatic rings. The van der Waals surface area contributed by atoms with Crippen molar-refractivity contribution in [2.24, 2.45) is 46.3 Å². The first-order valence-corrected chi connectivity index (χ1v) is 13.7. The molecule has 0 amide bonds. The second-order valence-corrected chi connectivity index (χ2v) is 13.2. The van der Waals surface area contributed by atoms with Crippen LogP contribution in [0.25, 0.3) is 0 Å². The number of rotatable bonds is 4. The minimum atomic E-state index is -0.471. The molecule has 31 heavy (non-hydrogen) atoms. The van der Waals surface area contributed by atoms with E-state index in [1.807, 2.05) is 0 Å².